The standard InChI is InChI=1S/C13H26N4O/c1-2-15-12(13(14)18)5-7-16-8-9-17-6-3-4-11(17)10-16/h11-12,15H,2-10H2,1H3,(H2,14,18). The third-order valence-corrected chi connectivity index (χ3v) is 4.20. The number of hydrogen-bond acceptors (Lipinski definition) is 4. The minimum absolute atomic E-state index is 0.170. The molecule has 2 fully saturated rings. The summed E-state index contributed by atoms with van der Waals surface area (Å²) in [6.07, 6.45) is 3.51. The van der Waals surface area contributed by atoms with E-state index in [1.165, 1.54) is 25.9 Å². The number of fused-ring (bicyclic) bond motifs is 1. The second-order valence-corrected chi connectivity index (χ2v) is 5.43. The molecule has 0 aromatic heterocycles. The molecule has 0 radical (unpaired) electrons. The Balaban J connectivity index is 1.74. The summed E-state index contributed by atoms with van der Waals surface area (Å²) in [4.78, 5) is 16.4. The lowest BCUT2D eigenvalue weighted by Crippen LogP contribution is -2.51. The van der Waals surface area contributed by atoms with Crippen LogP contribution in [0.25, 0.3) is 0 Å². The predicted octanol–water partition coefficient (Wildman–Crippen LogP) is -0.380. The van der Waals surface area contributed by atoms with Crippen LogP contribution in [0.2, 0.25) is 0 Å². The SMILES string of the molecule is CCNC(CCN1CCN2CCCC2C1)C(N)=O. The Hall–Kier alpha value is -0.650. The summed E-state index contributed by atoms with van der Waals surface area (Å²) in [7, 11) is 0. The summed E-state index contributed by atoms with van der Waals surface area (Å²) in [5, 5.41) is 3.16. The van der Waals surface area contributed by atoms with Crippen molar-refractivity contribution in [3.8, 4) is 0 Å². The minimum Gasteiger partial charge on any atom is -0.368 e. The van der Waals surface area contributed by atoms with Crippen molar-refractivity contribution in [2.45, 2.75) is 38.3 Å². The highest BCUT2D eigenvalue weighted by molar-refractivity contribution is 5.79. The summed E-state index contributed by atoms with van der Waals surface area (Å²) in [6.45, 7) is 8.54. The van der Waals surface area contributed by atoms with Crippen molar-refractivity contribution in [3.63, 3.8) is 0 Å². The van der Waals surface area contributed by atoms with Crippen molar-refractivity contribution in [3.05, 3.63) is 0 Å². The van der Waals surface area contributed by atoms with Crippen LogP contribution in [0, 0.1) is 0 Å². The first-order chi connectivity index (χ1) is 8.70. The average Bonchev–Trinajstić information content (AvgIpc) is 2.81. The lowest BCUT2D eigenvalue weighted by atomic mass is 10.1. The van der Waals surface area contributed by atoms with Crippen LogP contribution in [0.1, 0.15) is 26.2 Å². The molecule has 2 unspecified atom stereocenters. The van der Waals surface area contributed by atoms with Gasteiger partial charge in [0.25, 0.3) is 0 Å². The number of hydrogen-bond donors (Lipinski definition) is 2. The van der Waals surface area contributed by atoms with E-state index in [1.807, 2.05) is 6.92 Å². The van der Waals surface area contributed by atoms with E-state index in [1.54, 1.807) is 0 Å². The number of amides is 1. The van der Waals surface area contributed by atoms with Gasteiger partial charge in [-0.3, -0.25) is 9.69 Å². The lowest BCUT2D eigenvalue weighted by molar-refractivity contribution is -0.120. The molecule has 2 aliphatic heterocycles. The Morgan fingerprint density at radius 3 is 3.00 bits per heavy atom. The second kappa shape index (κ2) is 6.50. The van der Waals surface area contributed by atoms with Gasteiger partial charge in [-0.15, -0.1) is 0 Å². The van der Waals surface area contributed by atoms with Gasteiger partial charge in [0.1, 0.15) is 0 Å². The van der Waals surface area contributed by atoms with Crippen LogP contribution in [0.3, 0.4) is 0 Å². The molecule has 0 bridgehead atoms. The molecule has 0 saturated carbocycles. The normalized spacial score (nSPS) is 27.1. The number of primary amides is 1. The Labute approximate surface area is 110 Å². The Kier molecular flexibility index (Phi) is 4.97. The molecule has 2 saturated heterocycles. The summed E-state index contributed by atoms with van der Waals surface area (Å²) < 4.78 is 0. The van der Waals surface area contributed by atoms with Gasteiger partial charge < -0.3 is 16.0 Å². The number of likely N-dealkylation sites (N-methyl/N-ethyl adjacent to an activating group) is 1. The largest absolute Gasteiger partial charge is 0.368 e. The van der Waals surface area contributed by atoms with Gasteiger partial charge in [-0.2, -0.15) is 0 Å². The van der Waals surface area contributed by atoms with E-state index in [2.05, 4.69) is 15.1 Å². The molecule has 18 heavy (non-hydrogen) atoms. The quantitative estimate of drug-likeness (QED) is 0.678. The molecule has 0 aromatic rings. The van der Waals surface area contributed by atoms with E-state index < -0.39 is 0 Å². The molecule has 1 amide bonds. The van der Waals surface area contributed by atoms with E-state index in [9.17, 15) is 4.79 Å². The molecule has 2 aliphatic rings. The molecule has 2 atom stereocenters. The van der Waals surface area contributed by atoms with Crippen LogP contribution >= 0.6 is 0 Å². The van der Waals surface area contributed by atoms with Crippen molar-refractivity contribution >= 4 is 5.91 Å². The number of nitrogens with one attached hydrogen (secondary N) is 1. The molecular formula is C13H26N4O. The number of nitrogens with two attached hydrogens (primary N) is 1. The zero-order valence-electron chi connectivity index (χ0n) is 11.4. The summed E-state index contributed by atoms with van der Waals surface area (Å²) in [6, 6.07) is 0.585. The molecule has 104 valence electrons. The van der Waals surface area contributed by atoms with Gasteiger partial charge in [0.2, 0.25) is 5.91 Å². The highest BCUT2D eigenvalue weighted by Crippen LogP contribution is 2.21. The maximum Gasteiger partial charge on any atom is 0.234 e. The average molecular weight is 254 g/mol. The summed E-state index contributed by atoms with van der Waals surface area (Å²) >= 11 is 0. The lowest BCUT2D eigenvalue weighted by Gasteiger charge is -2.37. The van der Waals surface area contributed by atoms with Crippen molar-refractivity contribution in [2.24, 2.45) is 5.73 Å². The number of carbonyl (C=O) groups is 1. The monoisotopic (exact) mass is 254 g/mol. The van der Waals surface area contributed by atoms with Gasteiger partial charge in [0.05, 0.1) is 6.04 Å². The fraction of sp³-hybridized carbons (Fsp3) is 0.923. The second-order valence-electron chi connectivity index (χ2n) is 5.43. The van der Waals surface area contributed by atoms with E-state index >= 15 is 0 Å². The molecule has 5 nitrogen and oxygen atoms in total. The predicted molar refractivity (Wildman–Crippen MR) is 72.3 cm³/mol. The highest BCUT2D eigenvalue weighted by atomic mass is 16.1. The van der Waals surface area contributed by atoms with Gasteiger partial charge in [-0.25, -0.2) is 0 Å². The summed E-state index contributed by atoms with van der Waals surface area (Å²) in [5.74, 6) is -0.226. The first-order valence-corrected chi connectivity index (χ1v) is 7.19. The first kappa shape index (κ1) is 13.8. The van der Waals surface area contributed by atoms with E-state index in [4.69, 9.17) is 5.73 Å². The van der Waals surface area contributed by atoms with Crippen LogP contribution in [0.4, 0.5) is 0 Å². The summed E-state index contributed by atoms with van der Waals surface area (Å²) in [5.41, 5.74) is 5.40. The Morgan fingerprint density at radius 1 is 1.44 bits per heavy atom. The maximum atomic E-state index is 11.3. The van der Waals surface area contributed by atoms with Crippen LogP contribution in [0.5, 0.6) is 0 Å². The van der Waals surface area contributed by atoms with Gasteiger partial charge in [0.15, 0.2) is 0 Å². The van der Waals surface area contributed by atoms with Crippen LogP contribution in [-0.2, 0) is 4.79 Å². The Bertz CT molecular complexity index is 284. The Morgan fingerprint density at radius 2 is 2.28 bits per heavy atom. The number of rotatable bonds is 6. The zero-order valence-corrected chi connectivity index (χ0v) is 11.4. The molecule has 2 heterocycles. The fourth-order valence-electron chi connectivity index (χ4n) is 3.16. The van der Waals surface area contributed by atoms with Gasteiger partial charge in [0, 0.05) is 32.2 Å². The van der Waals surface area contributed by atoms with Gasteiger partial charge in [-0.05, 0) is 32.4 Å². The molecule has 0 spiro atoms. The molecule has 3 N–H and O–H groups in total. The molecule has 2 rings (SSSR count). The van der Waals surface area contributed by atoms with Crippen molar-refractivity contribution in [2.75, 3.05) is 39.3 Å². The van der Waals surface area contributed by atoms with Crippen molar-refractivity contribution in [1.82, 2.24) is 15.1 Å². The van der Waals surface area contributed by atoms with E-state index in [0.29, 0.717) is 0 Å². The van der Waals surface area contributed by atoms with Gasteiger partial charge >= 0.3 is 0 Å². The third-order valence-electron chi connectivity index (χ3n) is 4.20. The number of nitrogens with zero attached hydrogens (tertiary/aromatic N) is 2. The molecule has 5 heteroatoms. The van der Waals surface area contributed by atoms with Crippen LogP contribution < -0.4 is 11.1 Å². The zero-order chi connectivity index (χ0) is 13.0. The molecule has 0 aromatic carbocycles. The number of piperazine rings is 1. The van der Waals surface area contributed by atoms with Crippen LogP contribution in [-0.4, -0.2) is 67.1 Å². The number of carbonyl (C=O) groups excluding carboxylic acids is 1. The first-order valence-electron chi connectivity index (χ1n) is 7.19. The topological polar surface area (TPSA) is 61.6 Å². The molecule has 0 aliphatic carbocycles. The molecular weight excluding hydrogens is 228 g/mol. The third kappa shape index (κ3) is 3.43. The fourth-order valence-corrected chi connectivity index (χ4v) is 3.16. The van der Waals surface area contributed by atoms with Gasteiger partial charge in [-0.1, -0.05) is 6.92 Å². The van der Waals surface area contributed by atoms with Crippen LogP contribution in [0.15, 0.2) is 0 Å². The smallest absolute Gasteiger partial charge is 0.234 e. The maximum absolute atomic E-state index is 11.3. The van der Waals surface area contributed by atoms with Crippen molar-refractivity contribution < 1.29 is 4.79 Å². The van der Waals surface area contributed by atoms with E-state index in [-0.39, 0.29) is 11.9 Å². The minimum atomic E-state index is -0.226. The highest BCUT2D eigenvalue weighted by Gasteiger charge is 2.30. The van der Waals surface area contributed by atoms with Crippen molar-refractivity contribution in [1.29, 1.82) is 0 Å². The van der Waals surface area contributed by atoms with E-state index in [0.717, 1.165) is 38.6 Å².